The van der Waals surface area contributed by atoms with Crippen molar-refractivity contribution < 1.29 is 9.47 Å². The summed E-state index contributed by atoms with van der Waals surface area (Å²) in [6.07, 6.45) is 17.1. The van der Waals surface area contributed by atoms with Crippen LogP contribution in [0.2, 0.25) is 0 Å². The van der Waals surface area contributed by atoms with Gasteiger partial charge in [-0.1, -0.05) is 24.3 Å². The van der Waals surface area contributed by atoms with Crippen molar-refractivity contribution in [1.82, 2.24) is 19.9 Å². The molecule has 0 saturated heterocycles. The average Bonchev–Trinajstić information content (AvgIpc) is 4.09. The zero-order valence-electron chi connectivity index (χ0n) is 33.2. The average molecular weight is 775 g/mol. The number of benzene rings is 5. The third kappa shape index (κ3) is 4.64. The molecule has 4 bridgehead atoms. The van der Waals surface area contributed by atoms with Crippen molar-refractivity contribution >= 4 is 21.5 Å². The van der Waals surface area contributed by atoms with E-state index in [1.807, 2.05) is 63.8 Å². The highest BCUT2D eigenvalue weighted by molar-refractivity contribution is 5.99. The zero-order chi connectivity index (χ0) is 39.6. The SMILES string of the molecule is COc1c2c(c(OC)c3c1C1CC3c3cc4cc(-c5ccncc5)c(-c5ccncc5)cc4cc31)C1CC2c2cc3cc(-c4ccncc4)c(-c4ccncc4)cc3cc21. The molecule has 0 fully saturated rings. The standard InChI is InChI=1S/C54H38N4O2/c1-59-53-49-45-27-47(43-25-35-21-39(31-7-15-57-16-8-31)37(19-33(35)23-41(43)45)29-3-11-55-12-4-29)51(49)54(60-2)52-48-28-46(50(52)53)42-24-34-20-38(30-5-13-56-14-6-30)40(22-36(34)26-44(42)48)32-9-17-58-18-10-32/h3-26,45-48H,27-28H2,1-2H3. The van der Waals surface area contributed by atoms with Crippen LogP contribution in [0.5, 0.6) is 11.5 Å². The van der Waals surface area contributed by atoms with Crippen molar-refractivity contribution in [2.75, 3.05) is 14.2 Å². The number of pyridine rings is 4. The van der Waals surface area contributed by atoms with E-state index in [9.17, 15) is 0 Å². The lowest BCUT2D eigenvalue weighted by molar-refractivity contribution is 0.388. The number of aromatic nitrogens is 4. The number of hydrogen-bond donors (Lipinski definition) is 0. The van der Waals surface area contributed by atoms with E-state index in [0.717, 1.165) is 46.6 Å². The summed E-state index contributed by atoms with van der Waals surface area (Å²) in [4.78, 5) is 17.3. The van der Waals surface area contributed by atoms with E-state index in [-0.39, 0.29) is 23.7 Å². The Morgan fingerprint density at radius 3 is 0.800 bits per heavy atom. The molecule has 286 valence electrons. The Bertz CT molecular complexity index is 2820. The number of hydrogen-bond acceptors (Lipinski definition) is 6. The van der Waals surface area contributed by atoms with Gasteiger partial charge in [-0.2, -0.15) is 0 Å². The fraction of sp³-hybridized carbons (Fsp3) is 0.148. The molecular formula is C54H38N4O2. The molecular weight excluding hydrogens is 737 g/mol. The van der Waals surface area contributed by atoms with Gasteiger partial charge in [0.25, 0.3) is 0 Å². The fourth-order valence-corrected chi connectivity index (χ4v) is 11.7. The first kappa shape index (κ1) is 33.8. The largest absolute Gasteiger partial charge is 0.496 e. The summed E-state index contributed by atoms with van der Waals surface area (Å²) in [7, 11) is 3.76. The molecule has 0 aliphatic heterocycles. The van der Waals surface area contributed by atoms with Gasteiger partial charge in [-0.25, -0.2) is 0 Å². The minimum Gasteiger partial charge on any atom is -0.496 e. The molecule has 4 unspecified atom stereocenters. The smallest absolute Gasteiger partial charge is 0.127 e. The van der Waals surface area contributed by atoms with E-state index < -0.39 is 0 Å². The maximum absolute atomic E-state index is 6.62. The van der Waals surface area contributed by atoms with Crippen LogP contribution >= 0.6 is 0 Å². The third-order valence-corrected chi connectivity index (χ3v) is 14.1. The van der Waals surface area contributed by atoms with Gasteiger partial charge in [0, 0.05) is 95.5 Å². The molecule has 0 saturated carbocycles. The van der Waals surface area contributed by atoms with Gasteiger partial charge in [-0.15, -0.1) is 0 Å². The minimum absolute atomic E-state index is 0.243. The maximum Gasteiger partial charge on any atom is 0.127 e. The predicted molar refractivity (Wildman–Crippen MR) is 237 cm³/mol. The van der Waals surface area contributed by atoms with Gasteiger partial charge in [-0.3, -0.25) is 19.9 Å². The second-order valence-electron chi connectivity index (χ2n) is 16.8. The van der Waals surface area contributed by atoms with Crippen LogP contribution in [-0.4, -0.2) is 34.2 Å². The summed E-state index contributed by atoms with van der Waals surface area (Å²) in [5.41, 5.74) is 20.4. The van der Waals surface area contributed by atoms with E-state index >= 15 is 0 Å². The first-order valence-corrected chi connectivity index (χ1v) is 20.8. The Morgan fingerprint density at radius 1 is 0.350 bits per heavy atom. The molecule has 60 heavy (non-hydrogen) atoms. The van der Waals surface area contributed by atoms with Gasteiger partial charge in [0.15, 0.2) is 0 Å². The predicted octanol–water partition coefficient (Wildman–Crippen LogP) is 12.2. The summed E-state index contributed by atoms with van der Waals surface area (Å²) in [5.74, 6) is 3.13. The van der Waals surface area contributed by atoms with E-state index in [1.54, 1.807) is 0 Å². The summed E-state index contributed by atoms with van der Waals surface area (Å²) in [6.45, 7) is 0. The fourth-order valence-electron chi connectivity index (χ4n) is 11.7. The van der Waals surface area contributed by atoms with Crippen LogP contribution in [0.25, 0.3) is 66.1 Å². The van der Waals surface area contributed by atoms with Gasteiger partial charge in [-0.05, 0) is 174 Å². The molecule has 0 spiro atoms. The molecule has 0 N–H and O–H groups in total. The van der Waals surface area contributed by atoms with Crippen LogP contribution in [0.3, 0.4) is 0 Å². The molecule has 6 nitrogen and oxygen atoms in total. The van der Waals surface area contributed by atoms with Crippen molar-refractivity contribution in [3.05, 3.63) is 191 Å². The molecule has 4 atom stereocenters. The first-order valence-electron chi connectivity index (χ1n) is 20.8. The molecule has 9 aromatic rings. The minimum atomic E-state index is 0.243. The molecule has 4 aliphatic rings. The first-order chi connectivity index (χ1) is 29.7. The van der Waals surface area contributed by atoms with Crippen molar-refractivity contribution in [2.45, 2.75) is 36.5 Å². The molecule has 0 amide bonds. The van der Waals surface area contributed by atoms with Crippen LogP contribution in [0, 0.1) is 0 Å². The Hall–Kier alpha value is -7.18. The van der Waals surface area contributed by atoms with Crippen LogP contribution in [0.15, 0.2) is 147 Å². The van der Waals surface area contributed by atoms with Crippen molar-refractivity contribution in [2.24, 2.45) is 0 Å². The highest BCUT2D eigenvalue weighted by Crippen LogP contribution is 2.69. The van der Waals surface area contributed by atoms with Crippen molar-refractivity contribution in [3.63, 3.8) is 0 Å². The van der Waals surface area contributed by atoms with Gasteiger partial charge >= 0.3 is 0 Å². The second-order valence-corrected chi connectivity index (χ2v) is 16.8. The molecule has 4 aromatic heterocycles. The van der Waals surface area contributed by atoms with Crippen LogP contribution in [0.4, 0.5) is 0 Å². The quantitative estimate of drug-likeness (QED) is 0.168. The van der Waals surface area contributed by atoms with E-state index in [2.05, 4.69) is 117 Å². The number of rotatable bonds is 6. The number of fused-ring (bicyclic) bond motifs is 18. The number of methoxy groups -OCH3 is 2. The highest BCUT2D eigenvalue weighted by atomic mass is 16.5. The zero-order valence-corrected chi connectivity index (χ0v) is 33.2. The Kier molecular flexibility index (Phi) is 7.12. The summed E-state index contributed by atoms with van der Waals surface area (Å²) in [5, 5.41) is 4.99. The molecule has 13 rings (SSSR count). The third-order valence-electron chi connectivity index (χ3n) is 14.1. The van der Waals surface area contributed by atoms with Gasteiger partial charge in [0.2, 0.25) is 0 Å². The topological polar surface area (TPSA) is 70.0 Å². The van der Waals surface area contributed by atoms with E-state index in [0.29, 0.717) is 0 Å². The van der Waals surface area contributed by atoms with E-state index in [1.165, 1.54) is 88.3 Å². The lowest BCUT2D eigenvalue weighted by Gasteiger charge is -2.31. The van der Waals surface area contributed by atoms with Crippen LogP contribution < -0.4 is 9.47 Å². The monoisotopic (exact) mass is 774 g/mol. The second kappa shape index (κ2) is 12.7. The Labute approximate surface area is 347 Å². The number of nitrogens with zero attached hydrogens (tertiary/aromatic N) is 4. The molecule has 5 aromatic carbocycles. The van der Waals surface area contributed by atoms with Gasteiger partial charge in [0.05, 0.1) is 14.2 Å². The molecule has 6 heteroatoms. The van der Waals surface area contributed by atoms with E-state index in [4.69, 9.17) is 9.47 Å². The summed E-state index contributed by atoms with van der Waals surface area (Å²) in [6, 6.07) is 36.1. The lowest BCUT2D eigenvalue weighted by Crippen LogP contribution is -2.14. The Morgan fingerprint density at radius 2 is 0.583 bits per heavy atom. The molecule has 0 radical (unpaired) electrons. The van der Waals surface area contributed by atoms with Gasteiger partial charge < -0.3 is 9.47 Å². The normalized spacial score (nSPS) is 18.7. The summed E-state index contributed by atoms with van der Waals surface area (Å²) < 4.78 is 13.2. The molecule has 4 heterocycles. The lowest BCUT2D eigenvalue weighted by atomic mass is 9.76. The molecule has 4 aliphatic carbocycles. The highest BCUT2D eigenvalue weighted by Gasteiger charge is 2.53. The Balaban J connectivity index is 0.971. The van der Waals surface area contributed by atoms with Gasteiger partial charge in [0.1, 0.15) is 11.5 Å². The van der Waals surface area contributed by atoms with Crippen molar-refractivity contribution in [3.8, 4) is 56.0 Å². The van der Waals surface area contributed by atoms with Crippen LogP contribution in [0.1, 0.15) is 81.0 Å². The summed E-state index contributed by atoms with van der Waals surface area (Å²) >= 11 is 0. The number of ether oxygens (including phenoxy) is 2. The van der Waals surface area contributed by atoms with Crippen LogP contribution in [-0.2, 0) is 0 Å². The van der Waals surface area contributed by atoms with Crippen molar-refractivity contribution in [1.29, 1.82) is 0 Å². The maximum atomic E-state index is 6.62.